The van der Waals surface area contributed by atoms with E-state index in [9.17, 15) is 14.9 Å². The van der Waals surface area contributed by atoms with Gasteiger partial charge in [0.15, 0.2) is 11.5 Å². The van der Waals surface area contributed by atoms with Crippen LogP contribution in [0.5, 0.6) is 11.5 Å². The number of thiophene rings is 1. The average Bonchev–Trinajstić information content (AvgIpc) is 3.10. The first kappa shape index (κ1) is 18.3. The highest BCUT2D eigenvalue weighted by atomic mass is 32.1. The standard InChI is InChI=1S/C18H15N3O5S/c1-25-14-5-3-4-11(17(14)26-2)10-19-20-18(22)16-9-12-8-13(21(23)24)6-7-15(12)27-16/h3-10H,1-2H3,(H,20,22)/b19-10-. The molecule has 0 aliphatic heterocycles. The van der Waals surface area contributed by atoms with E-state index in [-0.39, 0.29) is 5.69 Å². The number of rotatable bonds is 6. The van der Waals surface area contributed by atoms with Gasteiger partial charge in [-0.1, -0.05) is 6.07 Å². The Hall–Kier alpha value is -3.46. The quantitative estimate of drug-likeness (QED) is 0.397. The van der Waals surface area contributed by atoms with Gasteiger partial charge in [-0.2, -0.15) is 5.10 Å². The Morgan fingerprint density at radius 3 is 2.74 bits per heavy atom. The van der Waals surface area contributed by atoms with E-state index in [0.717, 1.165) is 4.70 Å². The Morgan fingerprint density at radius 1 is 1.22 bits per heavy atom. The number of fused-ring (bicyclic) bond motifs is 1. The van der Waals surface area contributed by atoms with E-state index in [1.165, 1.54) is 43.9 Å². The van der Waals surface area contributed by atoms with Crippen LogP contribution in [0, 0.1) is 10.1 Å². The Kier molecular flexibility index (Phi) is 5.32. The smallest absolute Gasteiger partial charge is 0.281 e. The van der Waals surface area contributed by atoms with Gasteiger partial charge in [-0.3, -0.25) is 14.9 Å². The minimum atomic E-state index is -0.470. The molecule has 9 heteroatoms. The summed E-state index contributed by atoms with van der Waals surface area (Å²) in [5.41, 5.74) is 3.07. The molecule has 27 heavy (non-hydrogen) atoms. The Morgan fingerprint density at radius 2 is 2.04 bits per heavy atom. The van der Waals surface area contributed by atoms with Crippen LogP contribution in [-0.4, -0.2) is 31.3 Å². The summed E-state index contributed by atoms with van der Waals surface area (Å²) in [5, 5.41) is 15.4. The van der Waals surface area contributed by atoms with Crippen LogP contribution in [0.3, 0.4) is 0 Å². The van der Waals surface area contributed by atoms with Crippen LogP contribution in [0.15, 0.2) is 47.6 Å². The third-order valence-electron chi connectivity index (χ3n) is 3.74. The molecule has 1 amide bonds. The summed E-state index contributed by atoms with van der Waals surface area (Å²) in [6, 6.07) is 11.4. The largest absolute Gasteiger partial charge is 0.493 e. The molecule has 3 aromatic rings. The minimum Gasteiger partial charge on any atom is -0.493 e. The van der Waals surface area contributed by atoms with Gasteiger partial charge in [0.2, 0.25) is 0 Å². The second kappa shape index (κ2) is 7.83. The highest BCUT2D eigenvalue weighted by Gasteiger charge is 2.13. The molecule has 0 spiro atoms. The zero-order valence-electron chi connectivity index (χ0n) is 14.5. The van der Waals surface area contributed by atoms with Crippen LogP contribution in [-0.2, 0) is 0 Å². The molecule has 0 unspecified atom stereocenters. The van der Waals surface area contributed by atoms with Gasteiger partial charge in [0.05, 0.1) is 30.2 Å². The summed E-state index contributed by atoms with van der Waals surface area (Å²) in [5.74, 6) is 0.656. The lowest BCUT2D eigenvalue weighted by molar-refractivity contribution is -0.384. The van der Waals surface area contributed by atoms with E-state index in [4.69, 9.17) is 9.47 Å². The number of methoxy groups -OCH3 is 2. The number of nitro groups is 1. The van der Waals surface area contributed by atoms with Gasteiger partial charge in [-0.05, 0) is 24.3 Å². The van der Waals surface area contributed by atoms with Crippen molar-refractivity contribution >= 4 is 39.2 Å². The summed E-state index contributed by atoms with van der Waals surface area (Å²) < 4.78 is 11.3. The molecule has 0 fully saturated rings. The van der Waals surface area contributed by atoms with Crippen molar-refractivity contribution < 1.29 is 19.2 Å². The fourth-order valence-corrected chi connectivity index (χ4v) is 3.42. The summed E-state index contributed by atoms with van der Waals surface area (Å²) in [6.07, 6.45) is 1.46. The number of benzene rings is 2. The normalized spacial score (nSPS) is 10.9. The van der Waals surface area contributed by atoms with Crippen LogP contribution >= 0.6 is 11.3 Å². The van der Waals surface area contributed by atoms with Crippen LogP contribution < -0.4 is 14.9 Å². The number of nitrogens with zero attached hydrogens (tertiary/aromatic N) is 2. The fraction of sp³-hybridized carbons (Fsp3) is 0.111. The molecule has 1 aromatic heterocycles. The topological polar surface area (TPSA) is 103 Å². The first-order valence-corrected chi connectivity index (χ1v) is 8.57. The van der Waals surface area contributed by atoms with E-state index in [1.807, 2.05) is 0 Å². The zero-order chi connectivity index (χ0) is 19.4. The SMILES string of the molecule is COc1cccc(/C=N\NC(=O)c2cc3cc([N+](=O)[O-])ccc3s2)c1OC. The van der Waals surface area contributed by atoms with Gasteiger partial charge in [-0.15, -0.1) is 11.3 Å². The van der Waals surface area contributed by atoms with Crippen LogP contribution in [0.25, 0.3) is 10.1 Å². The third-order valence-corrected chi connectivity index (χ3v) is 4.85. The molecule has 0 saturated heterocycles. The number of carbonyl (C=O) groups excluding carboxylic acids is 1. The zero-order valence-corrected chi connectivity index (χ0v) is 15.3. The Balaban J connectivity index is 1.77. The maximum Gasteiger partial charge on any atom is 0.281 e. The van der Waals surface area contributed by atoms with Gasteiger partial charge < -0.3 is 9.47 Å². The van der Waals surface area contributed by atoms with Crippen molar-refractivity contribution in [3.8, 4) is 11.5 Å². The number of nitrogens with one attached hydrogen (secondary N) is 1. The number of non-ortho nitro benzene ring substituents is 1. The van der Waals surface area contributed by atoms with Crippen molar-refractivity contribution in [2.75, 3.05) is 14.2 Å². The maximum absolute atomic E-state index is 12.3. The molecule has 138 valence electrons. The number of nitro benzene ring substituents is 1. The molecular weight excluding hydrogens is 370 g/mol. The van der Waals surface area contributed by atoms with E-state index in [2.05, 4.69) is 10.5 Å². The number of hydrogen-bond donors (Lipinski definition) is 1. The Labute approximate surface area is 158 Å². The van der Waals surface area contributed by atoms with E-state index >= 15 is 0 Å². The van der Waals surface area contributed by atoms with Gasteiger partial charge in [0.25, 0.3) is 11.6 Å². The Bertz CT molecular complexity index is 1040. The number of ether oxygens (including phenoxy) is 2. The van der Waals surface area contributed by atoms with Gasteiger partial charge >= 0.3 is 0 Å². The van der Waals surface area contributed by atoms with Crippen LogP contribution in [0.2, 0.25) is 0 Å². The number of carbonyl (C=O) groups is 1. The van der Waals surface area contributed by atoms with Crippen molar-refractivity contribution in [2.24, 2.45) is 5.10 Å². The summed E-state index contributed by atoms with van der Waals surface area (Å²) in [4.78, 5) is 23.1. The first-order chi connectivity index (χ1) is 13.0. The molecular formula is C18H15N3O5S. The summed E-state index contributed by atoms with van der Waals surface area (Å²) in [6.45, 7) is 0. The highest BCUT2D eigenvalue weighted by molar-refractivity contribution is 7.20. The second-order valence-corrected chi connectivity index (χ2v) is 6.46. The van der Waals surface area contributed by atoms with Gasteiger partial charge in [-0.25, -0.2) is 5.43 Å². The minimum absolute atomic E-state index is 0.0181. The van der Waals surface area contributed by atoms with Crippen LogP contribution in [0.4, 0.5) is 5.69 Å². The predicted octanol–water partition coefficient (Wildman–Crippen LogP) is 3.59. The monoisotopic (exact) mass is 385 g/mol. The number of para-hydroxylation sites is 1. The van der Waals surface area contributed by atoms with Crippen molar-refractivity contribution in [1.29, 1.82) is 0 Å². The van der Waals surface area contributed by atoms with E-state index in [1.54, 1.807) is 30.3 Å². The van der Waals surface area contributed by atoms with E-state index < -0.39 is 10.8 Å². The summed E-state index contributed by atoms with van der Waals surface area (Å²) in [7, 11) is 3.05. The average molecular weight is 385 g/mol. The van der Waals surface area contributed by atoms with Crippen molar-refractivity contribution in [3.05, 3.63) is 63.0 Å². The van der Waals surface area contributed by atoms with Crippen molar-refractivity contribution in [1.82, 2.24) is 5.43 Å². The molecule has 2 aromatic carbocycles. The third kappa shape index (κ3) is 3.87. The van der Waals surface area contributed by atoms with E-state index in [0.29, 0.717) is 27.3 Å². The molecule has 0 atom stereocenters. The van der Waals surface area contributed by atoms with Crippen molar-refractivity contribution in [2.45, 2.75) is 0 Å². The molecule has 0 aliphatic carbocycles. The fourth-order valence-electron chi connectivity index (χ4n) is 2.49. The predicted molar refractivity (Wildman–Crippen MR) is 103 cm³/mol. The lowest BCUT2D eigenvalue weighted by atomic mass is 10.2. The molecule has 3 rings (SSSR count). The van der Waals surface area contributed by atoms with Gasteiger partial charge in [0.1, 0.15) is 0 Å². The maximum atomic E-state index is 12.3. The molecule has 0 radical (unpaired) electrons. The number of hydrazone groups is 1. The lowest BCUT2D eigenvalue weighted by Crippen LogP contribution is -2.16. The van der Waals surface area contributed by atoms with Crippen molar-refractivity contribution in [3.63, 3.8) is 0 Å². The molecule has 1 N–H and O–H groups in total. The highest BCUT2D eigenvalue weighted by Crippen LogP contribution is 2.30. The molecule has 1 heterocycles. The number of amides is 1. The van der Waals surface area contributed by atoms with Crippen LogP contribution in [0.1, 0.15) is 15.2 Å². The first-order valence-electron chi connectivity index (χ1n) is 7.76. The molecule has 0 aliphatic rings. The number of hydrogen-bond acceptors (Lipinski definition) is 7. The molecule has 0 saturated carbocycles. The molecule has 8 nitrogen and oxygen atoms in total. The van der Waals surface area contributed by atoms with Gasteiger partial charge in [0, 0.05) is 27.8 Å². The second-order valence-electron chi connectivity index (χ2n) is 5.37. The lowest BCUT2D eigenvalue weighted by Gasteiger charge is -2.09. The molecule has 0 bridgehead atoms. The summed E-state index contributed by atoms with van der Waals surface area (Å²) >= 11 is 1.23.